The number of carbonyl (C=O) groups excluding carboxylic acids is 1. The number of hydrogen-bond acceptors (Lipinski definition) is 2. The minimum absolute atomic E-state index is 0.0245. The molecule has 3 nitrogen and oxygen atoms in total. The van der Waals surface area contributed by atoms with Gasteiger partial charge >= 0.3 is 0 Å². The third-order valence-electron chi connectivity index (χ3n) is 3.14. The first-order chi connectivity index (χ1) is 8.58. The number of carbonyl (C=O) groups is 1. The fourth-order valence-corrected chi connectivity index (χ4v) is 1.95. The molecule has 100 valence electrons. The highest BCUT2D eigenvalue weighted by Gasteiger charge is 2.16. The molecule has 1 amide bonds. The Hall–Kier alpha value is -1.35. The molecule has 0 fully saturated rings. The van der Waals surface area contributed by atoms with Crippen molar-refractivity contribution in [3.8, 4) is 0 Å². The van der Waals surface area contributed by atoms with Gasteiger partial charge in [0.1, 0.15) is 0 Å². The number of nitrogens with two attached hydrogens (primary N) is 1. The van der Waals surface area contributed by atoms with Crippen LogP contribution in [0.5, 0.6) is 0 Å². The van der Waals surface area contributed by atoms with E-state index in [1.807, 2.05) is 14.0 Å². The maximum Gasteiger partial charge on any atom is 0.239 e. The molecule has 0 spiro atoms. The van der Waals surface area contributed by atoms with Crippen molar-refractivity contribution >= 4 is 5.91 Å². The number of likely N-dealkylation sites (N-methyl/N-ethyl adjacent to an activating group) is 1. The third-order valence-corrected chi connectivity index (χ3v) is 3.14. The number of rotatable bonds is 6. The molecule has 0 radical (unpaired) electrons. The molecule has 0 saturated heterocycles. The number of amides is 1. The Morgan fingerprint density at radius 1 is 1.22 bits per heavy atom. The predicted octanol–water partition coefficient (Wildman–Crippen LogP) is 2.33. The van der Waals surface area contributed by atoms with Crippen LogP contribution < -0.4 is 5.73 Å². The SMILES string of the molecule is CCCC(N)C(=O)N(C)Cc1ccc(CC)cc1. The van der Waals surface area contributed by atoms with Gasteiger partial charge in [-0.3, -0.25) is 4.79 Å². The van der Waals surface area contributed by atoms with Crippen LogP contribution in [-0.4, -0.2) is 23.9 Å². The van der Waals surface area contributed by atoms with Crippen molar-refractivity contribution in [1.29, 1.82) is 0 Å². The Balaban J connectivity index is 2.57. The van der Waals surface area contributed by atoms with Crippen LogP contribution in [-0.2, 0) is 17.8 Å². The van der Waals surface area contributed by atoms with Gasteiger partial charge in [0, 0.05) is 13.6 Å². The van der Waals surface area contributed by atoms with Crippen molar-refractivity contribution in [2.75, 3.05) is 7.05 Å². The number of aryl methyl sites for hydroxylation is 1. The molecule has 1 rings (SSSR count). The van der Waals surface area contributed by atoms with E-state index in [0.717, 1.165) is 24.8 Å². The van der Waals surface area contributed by atoms with E-state index < -0.39 is 0 Å². The second-order valence-electron chi connectivity index (χ2n) is 4.76. The van der Waals surface area contributed by atoms with Crippen LogP contribution in [0.1, 0.15) is 37.8 Å². The van der Waals surface area contributed by atoms with Crippen LogP contribution in [0.15, 0.2) is 24.3 Å². The highest BCUT2D eigenvalue weighted by atomic mass is 16.2. The van der Waals surface area contributed by atoms with Gasteiger partial charge in [-0.15, -0.1) is 0 Å². The second kappa shape index (κ2) is 7.17. The normalized spacial score (nSPS) is 12.2. The van der Waals surface area contributed by atoms with Crippen LogP contribution in [0.25, 0.3) is 0 Å². The van der Waals surface area contributed by atoms with Gasteiger partial charge in [-0.2, -0.15) is 0 Å². The number of hydrogen-bond donors (Lipinski definition) is 1. The van der Waals surface area contributed by atoms with Crippen LogP contribution in [0, 0.1) is 0 Å². The lowest BCUT2D eigenvalue weighted by molar-refractivity contribution is -0.131. The molecular formula is C15H24N2O. The van der Waals surface area contributed by atoms with Crippen molar-refractivity contribution in [1.82, 2.24) is 4.90 Å². The summed E-state index contributed by atoms with van der Waals surface area (Å²) in [5, 5.41) is 0. The average molecular weight is 248 g/mol. The van der Waals surface area contributed by atoms with Gasteiger partial charge in [-0.05, 0) is 24.0 Å². The molecule has 3 heteroatoms. The maximum absolute atomic E-state index is 12.0. The zero-order valence-electron chi connectivity index (χ0n) is 11.6. The highest BCUT2D eigenvalue weighted by Crippen LogP contribution is 2.08. The van der Waals surface area contributed by atoms with Gasteiger partial charge in [0.15, 0.2) is 0 Å². The summed E-state index contributed by atoms with van der Waals surface area (Å²) in [6.07, 6.45) is 2.72. The molecule has 0 heterocycles. The van der Waals surface area contributed by atoms with Crippen molar-refractivity contribution in [3.05, 3.63) is 35.4 Å². The fourth-order valence-electron chi connectivity index (χ4n) is 1.95. The standard InChI is InChI=1S/C15H24N2O/c1-4-6-14(16)15(18)17(3)11-13-9-7-12(5-2)8-10-13/h7-10,14H,4-6,11,16H2,1-3H3. The van der Waals surface area contributed by atoms with Gasteiger partial charge in [0.05, 0.1) is 6.04 Å². The summed E-state index contributed by atoms with van der Waals surface area (Å²) in [6, 6.07) is 8.01. The Bertz CT molecular complexity index is 373. The summed E-state index contributed by atoms with van der Waals surface area (Å²) in [7, 11) is 1.81. The van der Waals surface area contributed by atoms with Crippen molar-refractivity contribution in [2.45, 2.75) is 45.7 Å². The van der Waals surface area contributed by atoms with E-state index in [4.69, 9.17) is 5.73 Å². The summed E-state index contributed by atoms with van der Waals surface area (Å²) < 4.78 is 0. The third kappa shape index (κ3) is 4.15. The molecule has 0 saturated carbocycles. The highest BCUT2D eigenvalue weighted by molar-refractivity contribution is 5.81. The van der Waals surface area contributed by atoms with Gasteiger partial charge in [0.2, 0.25) is 5.91 Å². The molecule has 2 N–H and O–H groups in total. The summed E-state index contributed by atoms with van der Waals surface area (Å²) in [5.41, 5.74) is 8.30. The van der Waals surface area contributed by atoms with Crippen molar-refractivity contribution in [3.63, 3.8) is 0 Å². The second-order valence-corrected chi connectivity index (χ2v) is 4.76. The van der Waals surface area contributed by atoms with Crippen LogP contribution in [0.2, 0.25) is 0 Å². The lowest BCUT2D eigenvalue weighted by Gasteiger charge is -2.21. The lowest BCUT2D eigenvalue weighted by atomic mass is 10.1. The van der Waals surface area contributed by atoms with E-state index in [-0.39, 0.29) is 11.9 Å². The van der Waals surface area contributed by atoms with E-state index >= 15 is 0 Å². The van der Waals surface area contributed by atoms with Gasteiger partial charge in [-0.25, -0.2) is 0 Å². The minimum atomic E-state index is -0.366. The first-order valence-electron chi connectivity index (χ1n) is 6.66. The zero-order valence-corrected chi connectivity index (χ0v) is 11.6. The summed E-state index contributed by atoms with van der Waals surface area (Å²) in [4.78, 5) is 13.7. The summed E-state index contributed by atoms with van der Waals surface area (Å²) in [5.74, 6) is 0.0245. The van der Waals surface area contributed by atoms with Crippen LogP contribution in [0.4, 0.5) is 0 Å². The molecule has 18 heavy (non-hydrogen) atoms. The molecule has 1 unspecified atom stereocenters. The molecule has 0 aliphatic carbocycles. The number of benzene rings is 1. The Kier molecular flexibility index (Phi) is 5.86. The van der Waals surface area contributed by atoms with E-state index in [1.165, 1.54) is 5.56 Å². The van der Waals surface area contributed by atoms with E-state index in [2.05, 4.69) is 31.2 Å². The van der Waals surface area contributed by atoms with E-state index in [1.54, 1.807) is 4.90 Å². The van der Waals surface area contributed by atoms with Crippen LogP contribution >= 0.6 is 0 Å². The smallest absolute Gasteiger partial charge is 0.239 e. The summed E-state index contributed by atoms with van der Waals surface area (Å²) in [6.45, 7) is 4.80. The molecule has 1 aromatic rings. The Morgan fingerprint density at radius 2 is 1.78 bits per heavy atom. The molecule has 0 aromatic heterocycles. The molecule has 0 aliphatic heterocycles. The largest absolute Gasteiger partial charge is 0.340 e. The maximum atomic E-state index is 12.0. The average Bonchev–Trinajstić information content (AvgIpc) is 2.39. The topological polar surface area (TPSA) is 46.3 Å². The predicted molar refractivity (Wildman–Crippen MR) is 75.2 cm³/mol. The minimum Gasteiger partial charge on any atom is -0.340 e. The molecular weight excluding hydrogens is 224 g/mol. The van der Waals surface area contributed by atoms with E-state index in [0.29, 0.717) is 6.54 Å². The van der Waals surface area contributed by atoms with Crippen molar-refractivity contribution < 1.29 is 4.79 Å². The lowest BCUT2D eigenvalue weighted by Crippen LogP contribution is -2.41. The van der Waals surface area contributed by atoms with Gasteiger partial charge in [-0.1, -0.05) is 44.5 Å². The van der Waals surface area contributed by atoms with Crippen LogP contribution in [0.3, 0.4) is 0 Å². The quantitative estimate of drug-likeness (QED) is 0.840. The first-order valence-corrected chi connectivity index (χ1v) is 6.66. The first kappa shape index (κ1) is 14.7. The monoisotopic (exact) mass is 248 g/mol. The fraction of sp³-hybridized carbons (Fsp3) is 0.533. The van der Waals surface area contributed by atoms with Crippen molar-refractivity contribution in [2.24, 2.45) is 5.73 Å². The molecule has 1 aromatic carbocycles. The zero-order chi connectivity index (χ0) is 13.5. The Labute approximate surface area is 110 Å². The number of nitrogens with zero attached hydrogens (tertiary/aromatic N) is 1. The summed E-state index contributed by atoms with van der Waals surface area (Å²) >= 11 is 0. The van der Waals surface area contributed by atoms with Gasteiger partial charge < -0.3 is 10.6 Å². The van der Waals surface area contributed by atoms with Gasteiger partial charge in [0.25, 0.3) is 0 Å². The Morgan fingerprint density at radius 3 is 2.28 bits per heavy atom. The molecule has 0 bridgehead atoms. The molecule has 0 aliphatic rings. The molecule has 1 atom stereocenters. The van der Waals surface area contributed by atoms with E-state index in [9.17, 15) is 4.79 Å².